The van der Waals surface area contributed by atoms with E-state index in [1.807, 2.05) is 0 Å². The van der Waals surface area contributed by atoms with Crippen LogP contribution in [0.3, 0.4) is 0 Å². The molecule has 0 bridgehead atoms. The van der Waals surface area contributed by atoms with Crippen LogP contribution in [-0.2, 0) is 4.74 Å². The lowest BCUT2D eigenvalue weighted by molar-refractivity contribution is -0.0751. The molecule has 0 aromatic rings. The van der Waals surface area contributed by atoms with Crippen molar-refractivity contribution in [2.24, 2.45) is 17.8 Å². The van der Waals surface area contributed by atoms with Gasteiger partial charge in [-0.25, -0.2) is 0 Å². The van der Waals surface area contributed by atoms with Crippen molar-refractivity contribution in [3.63, 3.8) is 0 Å². The summed E-state index contributed by atoms with van der Waals surface area (Å²) in [4.78, 5) is 4.70. The summed E-state index contributed by atoms with van der Waals surface area (Å²) in [6.45, 7) is 12.5. The van der Waals surface area contributed by atoms with Gasteiger partial charge >= 0.3 is 0 Å². The number of aliphatic hydroxyl groups is 1. The monoisotopic (exact) mass is 312 g/mol. The van der Waals surface area contributed by atoms with Crippen LogP contribution in [0.25, 0.3) is 0 Å². The van der Waals surface area contributed by atoms with Crippen molar-refractivity contribution in [2.75, 3.05) is 46.4 Å². The van der Waals surface area contributed by atoms with Gasteiger partial charge < -0.3 is 14.7 Å². The Hall–Kier alpha value is -0.160. The zero-order valence-electron chi connectivity index (χ0n) is 15.0. The molecule has 2 rings (SSSR count). The third kappa shape index (κ3) is 5.48. The number of rotatable bonds is 6. The average molecular weight is 312 g/mol. The summed E-state index contributed by atoms with van der Waals surface area (Å²) in [6, 6.07) is 0. The van der Waals surface area contributed by atoms with Gasteiger partial charge in [-0.05, 0) is 37.6 Å². The first kappa shape index (κ1) is 18.2. The van der Waals surface area contributed by atoms with Gasteiger partial charge in [0, 0.05) is 32.7 Å². The zero-order chi connectivity index (χ0) is 16.1. The molecule has 4 heteroatoms. The van der Waals surface area contributed by atoms with Crippen LogP contribution in [0, 0.1) is 17.8 Å². The highest BCUT2D eigenvalue weighted by Crippen LogP contribution is 2.35. The van der Waals surface area contributed by atoms with E-state index >= 15 is 0 Å². The van der Waals surface area contributed by atoms with Crippen LogP contribution < -0.4 is 0 Å². The Morgan fingerprint density at radius 1 is 1.14 bits per heavy atom. The Bertz CT molecular complexity index is 316. The van der Waals surface area contributed by atoms with E-state index in [4.69, 9.17) is 4.74 Å². The highest BCUT2D eigenvalue weighted by molar-refractivity contribution is 4.82. The highest BCUT2D eigenvalue weighted by atomic mass is 16.5. The lowest BCUT2D eigenvalue weighted by Crippen LogP contribution is -2.48. The summed E-state index contributed by atoms with van der Waals surface area (Å²) in [5, 5.41) is 10.3. The first-order valence-electron chi connectivity index (χ1n) is 9.16. The van der Waals surface area contributed by atoms with Gasteiger partial charge in [0.15, 0.2) is 0 Å². The summed E-state index contributed by atoms with van der Waals surface area (Å²) in [5.41, 5.74) is 0. The van der Waals surface area contributed by atoms with E-state index in [9.17, 15) is 5.11 Å². The Labute approximate surface area is 136 Å². The van der Waals surface area contributed by atoms with Gasteiger partial charge in [-0.2, -0.15) is 0 Å². The van der Waals surface area contributed by atoms with Crippen LogP contribution in [0.15, 0.2) is 0 Å². The molecule has 1 saturated heterocycles. The maximum absolute atomic E-state index is 10.3. The number of nitrogens with zero attached hydrogens (tertiary/aromatic N) is 2. The van der Waals surface area contributed by atoms with E-state index in [2.05, 4.69) is 37.6 Å². The topological polar surface area (TPSA) is 35.9 Å². The van der Waals surface area contributed by atoms with Crippen LogP contribution in [0.5, 0.6) is 0 Å². The molecule has 4 atom stereocenters. The first-order chi connectivity index (χ1) is 10.5. The second kappa shape index (κ2) is 8.62. The summed E-state index contributed by atoms with van der Waals surface area (Å²) in [5.74, 6) is 2.09. The molecule has 2 aliphatic rings. The van der Waals surface area contributed by atoms with Gasteiger partial charge in [0.2, 0.25) is 0 Å². The van der Waals surface area contributed by atoms with E-state index in [1.165, 1.54) is 12.8 Å². The molecular formula is C18H36N2O2. The summed E-state index contributed by atoms with van der Waals surface area (Å²) < 4.78 is 6.16. The molecule has 1 saturated carbocycles. The van der Waals surface area contributed by atoms with Crippen LogP contribution in [0.1, 0.15) is 40.0 Å². The zero-order valence-corrected chi connectivity index (χ0v) is 15.0. The van der Waals surface area contributed by atoms with Crippen molar-refractivity contribution in [3.8, 4) is 0 Å². The van der Waals surface area contributed by atoms with E-state index in [0.29, 0.717) is 24.5 Å². The number of hydrogen-bond donors (Lipinski definition) is 1. The molecule has 22 heavy (non-hydrogen) atoms. The number of ether oxygens (including phenoxy) is 1. The van der Waals surface area contributed by atoms with E-state index in [0.717, 1.165) is 45.1 Å². The molecule has 0 aromatic heterocycles. The second-order valence-electron chi connectivity index (χ2n) is 7.96. The minimum absolute atomic E-state index is 0.339. The van der Waals surface area contributed by atoms with Crippen LogP contribution in [-0.4, -0.2) is 73.5 Å². The van der Waals surface area contributed by atoms with E-state index in [-0.39, 0.29) is 6.10 Å². The third-order valence-electron chi connectivity index (χ3n) is 5.53. The largest absolute Gasteiger partial charge is 0.389 e. The van der Waals surface area contributed by atoms with Gasteiger partial charge in [0.05, 0.1) is 18.8 Å². The molecule has 1 aliphatic heterocycles. The van der Waals surface area contributed by atoms with Crippen LogP contribution >= 0.6 is 0 Å². The number of likely N-dealkylation sites (N-methyl/N-ethyl adjacent to an activating group) is 1. The summed E-state index contributed by atoms with van der Waals surface area (Å²) >= 11 is 0. The van der Waals surface area contributed by atoms with Crippen molar-refractivity contribution in [1.29, 1.82) is 0 Å². The van der Waals surface area contributed by atoms with Gasteiger partial charge in [-0.15, -0.1) is 0 Å². The van der Waals surface area contributed by atoms with Gasteiger partial charge in [0.1, 0.15) is 0 Å². The first-order valence-corrected chi connectivity index (χ1v) is 9.16. The normalized spacial score (nSPS) is 33.3. The highest BCUT2D eigenvalue weighted by Gasteiger charge is 2.31. The minimum Gasteiger partial charge on any atom is -0.389 e. The summed E-state index contributed by atoms with van der Waals surface area (Å²) in [7, 11) is 2.16. The Balaban J connectivity index is 1.73. The molecular weight excluding hydrogens is 276 g/mol. The molecule has 0 radical (unpaired) electrons. The average Bonchev–Trinajstić information content (AvgIpc) is 2.47. The lowest BCUT2D eigenvalue weighted by Gasteiger charge is -2.38. The maximum Gasteiger partial charge on any atom is 0.0900 e. The molecule has 0 amide bonds. The number of piperazine rings is 1. The number of aliphatic hydroxyl groups excluding tert-OH is 1. The smallest absolute Gasteiger partial charge is 0.0900 e. The Morgan fingerprint density at radius 2 is 1.82 bits per heavy atom. The molecule has 1 N–H and O–H groups in total. The third-order valence-corrected chi connectivity index (χ3v) is 5.53. The fraction of sp³-hybridized carbons (Fsp3) is 1.00. The SMILES string of the molecule is CC(C)[C@H]1CC[C@@H](C)C[C@@H]1OC[C@@H](O)CN1CCN(C)CC1. The molecule has 0 spiro atoms. The molecule has 4 nitrogen and oxygen atoms in total. The van der Waals surface area contributed by atoms with Gasteiger partial charge in [-0.1, -0.05) is 27.2 Å². The van der Waals surface area contributed by atoms with E-state index in [1.54, 1.807) is 0 Å². The van der Waals surface area contributed by atoms with Crippen LogP contribution in [0.4, 0.5) is 0 Å². The lowest BCUT2D eigenvalue weighted by atomic mass is 9.75. The van der Waals surface area contributed by atoms with Crippen molar-refractivity contribution in [3.05, 3.63) is 0 Å². The minimum atomic E-state index is -0.353. The molecule has 1 aliphatic carbocycles. The fourth-order valence-electron chi connectivity index (χ4n) is 3.92. The number of hydrogen-bond acceptors (Lipinski definition) is 4. The van der Waals surface area contributed by atoms with Crippen molar-refractivity contribution >= 4 is 0 Å². The molecule has 0 aromatic carbocycles. The molecule has 0 unspecified atom stereocenters. The standard InChI is InChI=1S/C18H36N2O2/c1-14(2)17-6-5-15(3)11-18(17)22-13-16(21)12-20-9-7-19(4)8-10-20/h14-18,21H,5-13H2,1-4H3/t15-,16+,17-,18+/m1/s1. The van der Waals surface area contributed by atoms with Crippen molar-refractivity contribution in [2.45, 2.75) is 52.2 Å². The van der Waals surface area contributed by atoms with Crippen molar-refractivity contribution < 1.29 is 9.84 Å². The fourth-order valence-corrected chi connectivity index (χ4v) is 3.92. The van der Waals surface area contributed by atoms with Crippen molar-refractivity contribution in [1.82, 2.24) is 9.80 Å². The molecule has 1 heterocycles. The Morgan fingerprint density at radius 3 is 2.45 bits per heavy atom. The number of β-amino-alcohol motifs (C(OH)–C–C–N with tert-alkyl or cyclic N) is 1. The second-order valence-corrected chi connectivity index (χ2v) is 7.96. The summed E-state index contributed by atoms with van der Waals surface area (Å²) in [6.07, 6.45) is 3.74. The molecule has 2 fully saturated rings. The van der Waals surface area contributed by atoms with Gasteiger partial charge in [-0.3, -0.25) is 4.90 Å². The van der Waals surface area contributed by atoms with Gasteiger partial charge in [0.25, 0.3) is 0 Å². The maximum atomic E-state index is 10.3. The quantitative estimate of drug-likeness (QED) is 0.814. The van der Waals surface area contributed by atoms with E-state index < -0.39 is 0 Å². The van der Waals surface area contributed by atoms with Crippen LogP contribution in [0.2, 0.25) is 0 Å². The predicted octanol–water partition coefficient (Wildman–Crippen LogP) is 2.07. The molecule has 130 valence electrons. The Kier molecular flexibility index (Phi) is 7.13. The predicted molar refractivity (Wildman–Crippen MR) is 91.0 cm³/mol.